The Hall–Kier alpha value is -1.02. The van der Waals surface area contributed by atoms with Crippen molar-refractivity contribution in [2.24, 2.45) is 0 Å². The Labute approximate surface area is 114 Å². The molecule has 1 N–H and O–H groups in total. The average Bonchev–Trinajstić information content (AvgIpc) is 3.00. The van der Waals surface area contributed by atoms with Gasteiger partial charge in [-0.1, -0.05) is 16.1 Å². The van der Waals surface area contributed by atoms with Crippen LogP contribution in [-0.4, -0.2) is 40.1 Å². The molecule has 1 unspecified atom stereocenters. The highest BCUT2D eigenvalue weighted by atomic mass is 35.5. The van der Waals surface area contributed by atoms with E-state index in [1.807, 2.05) is 11.7 Å². The van der Waals surface area contributed by atoms with Gasteiger partial charge in [-0.3, -0.25) is 4.68 Å². The van der Waals surface area contributed by atoms with Gasteiger partial charge in [0, 0.05) is 7.11 Å². The van der Waals surface area contributed by atoms with E-state index in [4.69, 9.17) is 16.3 Å². The van der Waals surface area contributed by atoms with E-state index in [0.717, 1.165) is 10.6 Å². The quantitative estimate of drug-likeness (QED) is 0.869. The summed E-state index contributed by atoms with van der Waals surface area (Å²) in [6, 6.07) is -0.0585. The first kappa shape index (κ1) is 13.4. The number of rotatable bonds is 6. The molecule has 2 rings (SSSR count). The molecule has 0 saturated carbocycles. The van der Waals surface area contributed by atoms with Crippen LogP contribution in [0.5, 0.6) is 0 Å². The Morgan fingerprint density at radius 3 is 3.00 bits per heavy atom. The van der Waals surface area contributed by atoms with Gasteiger partial charge in [-0.25, -0.2) is 0 Å². The molecule has 0 aliphatic carbocycles. The highest BCUT2D eigenvalue weighted by Crippen LogP contribution is 2.29. The van der Waals surface area contributed by atoms with E-state index in [-0.39, 0.29) is 6.04 Å². The van der Waals surface area contributed by atoms with Crippen LogP contribution in [0, 0.1) is 0 Å². The minimum Gasteiger partial charge on any atom is -0.383 e. The van der Waals surface area contributed by atoms with E-state index in [1.54, 1.807) is 19.5 Å². The molecule has 2 heterocycles. The van der Waals surface area contributed by atoms with Crippen LogP contribution in [0.25, 0.3) is 0 Å². The maximum atomic E-state index is 6.21. The summed E-state index contributed by atoms with van der Waals surface area (Å²) in [4.78, 5) is 0.999. The van der Waals surface area contributed by atoms with Gasteiger partial charge >= 0.3 is 0 Å². The van der Waals surface area contributed by atoms with Gasteiger partial charge in [0.2, 0.25) is 0 Å². The van der Waals surface area contributed by atoms with Crippen LogP contribution in [0.2, 0.25) is 5.02 Å². The smallest absolute Gasteiger partial charge is 0.0887 e. The number of ether oxygens (including phenoxy) is 1. The number of halogens is 1. The number of hydrogen-bond donors (Lipinski definition) is 1. The third kappa shape index (κ3) is 2.69. The van der Waals surface area contributed by atoms with Crippen molar-refractivity contribution in [1.29, 1.82) is 0 Å². The average molecular weight is 288 g/mol. The third-order valence-corrected chi connectivity index (χ3v) is 3.58. The maximum Gasteiger partial charge on any atom is 0.0887 e. The Morgan fingerprint density at radius 1 is 1.56 bits per heavy atom. The van der Waals surface area contributed by atoms with E-state index in [0.29, 0.717) is 18.2 Å². The lowest BCUT2D eigenvalue weighted by molar-refractivity contribution is 0.182. The lowest BCUT2D eigenvalue weighted by Crippen LogP contribution is -2.22. The molecule has 98 valence electrons. The summed E-state index contributed by atoms with van der Waals surface area (Å²) in [6.45, 7) is 1.24. The van der Waals surface area contributed by atoms with Crippen LogP contribution >= 0.6 is 23.1 Å². The molecular formula is C10H14ClN5OS. The SMILES string of the molecule is CNC(c1cnns1)c1c(Cl)cnn1CCOC. The largest absolute Gasteiger partial charge is 0.383 e. The van der Waals surface area contributed by atoms with Gasteiger partial charge < -0.3 is 10.1 Å². The number of hydrogen-bond acceptors (Lipinski definition) is 6. The summed E-state index contributed by atoms with van der Waals surface area (Å²) in [7, 11) is 3.53. The number of nitrogens with one attached hydrogen (secondary N) is 1. The molecule has 1 atom stereocenters. The van der Waals surface area contributed by atoms with Crippen LogP contribution < -0.4 is 5.32 Å². The normalized spacial score (nSPS) is 12.8. The maximum absolute atomic E-state index is 6.21. The second-order valence-corrected chi connectivity index (χ2v) is 4.86. The van der Waals surface area contributed by atoms with Gasteiger partial charge in [-0.05, 0) is 18.6 Å². The summed E-state index contributed by atoms with van der Waals surface area (Å²) >= 11 is 7.55. The fraction of sp³-hybridized carbons (Fsp3) is 0.500. The lowest BCUT2D eigenvalue weighted by atomic mass is 10.2. The van der Waals surface area contributed by atoms with E-state index in [2.05, 4.69) is 20.0 Å². The Kier molecular flexibility index (Phi) is 4.65. The van der Waals surface area contributed by atoms with Gasteiger partial charge in [0.15, 0.2) is 0 Å². The molecule has 2 aromatic heterocycles. The molecule has 0 aliphatic rings. The molecule has 0 fully saturated rings. The minimum atomic E-state index is -0.0585. The third-order valence-electron chi connectivity index (χ3n) is 2.57. The molecule has 0 aromatic carbocycles. The predicted molar refractivity (Wildman–Crippen MR) is 69.9 cm³/mol. The van der Waals surface area contributed by atoms with Crippen LogP contribution in [0.15, 0.2) is 12.4 Å². The zero-order chi connectivity index (χ0) is 13.0. The van der Waals surface area contributed by atoms with Crippen molar-refractivity contribution in [1.82, 2.24) is 24.7 Å². The van der Waals surface area contributed by atoms with Crippen LogP contribution in [0.3, 0.4) is 0 Å². The molecule has 0 aliphatic heterocycles. The van der Waals surface area contributed by atoms with Gasteiger partial charge in [-0.15, -0.1) is 5.10 Å². The molecule has 6 nitrogen and oxygen atoms in total. The highest BCUT2D eigenvalue weighted by Gasteiger charge is 2.22. The first-order chi connectivity index (χ1) is 8.77. The van der Waals surface area contributed by atoms with Crippen molar-refractivity contribution in [3.63, 3.8) is 0 Å². The fourth-order valence-electron chi connectivity index (χ4n) is 1.73. The summed E-state index contributed by atoms with van der Waals surface area (Å²) in [5.74, 6) is 0. The second kappa shape index (κ2) is 6.24. The molecule has 0 bridgehead atoms. The first-order valence-corrected chi connectivity index (χ1v) is 6.57. The van der Waals surface area contributed by atoms with Crippen molar-refractivity contribution < 1.29 is 4.74 Å². The van der Waals surface area contributed by atoms with Gasteiger partial charge in [-0.2, -0.15) is 5.10 Å². The highest BCUT2D eigenvalue weighted by molar-refractivity contribution is 7.05. The monoisotopic (exact) mass is 287 g/mol. The van der Waals surface area contributed by atoms with Crippen LogP contribution in [0.1, 0.15) is 16.6 Å². The van der Waals surface area contributed by atoms with Crippen LogP contribution in [-0.2, 0) is 11.3 Å². The second-order valence-electron chi connectivity index (χ2n) is 3.64. The summed E-state index contributed by atoms with van der Waals surface area (Å²) in [6.07, 6.45) is 3.38. The fourth-order valence-corrected chi connectivity index (χ4v) is 2.60. The molecule has 0 radical (unpaired) electrons. The van der Waals surface area contributed by atoms with Crippen molar-refractivity contribution in [2.45, 2.75) is 12.6 Å². The predicted octanol–water partition coefficient (Wildman–Crippen LogP) is 1.34. The number of nitrogens with zero attached hydrogens (tertiary/aromatic N) is 4. The van der Waals surface area contributed by atoms with E-state index >= 15 is 0 Å². The van der Waals surface area contributed by atoms with Gasteiger partial charge in [0.1, 0.15) is 0 Å². The van der Waals surface area contributed by atoms with Crippen molar-refractivity contribution in [3.05, 3.63) is 28.0 Å². The van der Waals surface area contributed by atoms with E-state index < -0.39 is 0 Å². The Balaban J connectivity index is 2.32. The van der Waals surface area contributed by atoms with Crippen molar-refractivity contribution in [2.75, 3.05) is 20.8 Å². The number of methoxy groups -OCH3 is 1. The molecule has 18 heavy (non-hydrogen) atoms. The summed E-state index contributed by atoms with van der Waals surface area (Å²) in [5, 5.41) is 11.9. The molecule has 0 saturated heterocycles. The summed E-state index contributed by atoms with van der Waals surface area (Å²) in [5.41, 5.74) is 0.905. The number of aromatic nitrogens is 4. The lowest BCUT2D eigenvalue weighted by Gasteiger charge is -2.16. The topological polar surface area (TPSA) is 64.9 Å². The zero-order valence-electron chi connectivity index (χ0n) is 10.1. The standard InChI is InChI=1S/C10H14ClN5OS/c1-12-9(8-6-13-15-18-8)10-7(11)5-14-16(10)3-4-17-2/h5-6,9,12H,3-4H2,1-2H3. The summed E-state index contributed by atoms with van der Waals surface area (Å²) < 4.78 is 10.8. The Bertz CT molecular complexity index is 486. The first-order valence-electron chi connectivity index (χ1n) is 5.42. The zero-order valence-corrected chi connectivity index (χ0v) is 11.7. The Morgan fingerprint density at radius 2 is 2.39 bits per heavy atom. The van der Waals surface area contributed by atoms with Crippen molar-refractivity contribution >= 4 is 23.1 Å². The van der Waals surface area contributed by atoms with Crippen LogP contribution in [0.4, 0.5) is 0 Å². The van der Waals surface area contributed by atoms with Gasteiger partial charge in [0.25, 0.3) is 0 Å². The minimum absolute atomic E-state index is 0.0585. The molecule has 0 amide bonds. The van der Waals surface area contributed by atoms with E-state index in [1.165, 1.54) is 11.5 Å². The molecule has 0 spiro atoms. The van der Waals surface area contributed by atoms with E-state index in [9.17, 15) is 0 Å². The molecule has 8 heteroatoms. The molecular weight excluding hydrogens is 274 g/mol. The van der Waals surface area contributed by atoms with Gasteiger partial charge in [0.05, 0.1) is 47.2 Å². The van der Waals surface area contributed by atoms with Crippen molar-refractivity contribution in [3.8, 4) is 0 Å². The molecule has 2 aromatic rings.